The maximum Gasteiger partial charge on any atom is 0.463 e. The molecule has 0 aliphatic rings. The zero-order valence-corrected chi connectivity index (χ0v) is 22.3. The van der Waals surface area contributed by atoms with E-state index in [1.54, 1.807) is 0 Å². The topological polar surface area (TPSA) is 52.6 Å². The maximum absolute atomic E-state index is 12.4. The fraction of sp³-hybridized carbons (Fsp3) is 0.923. The van der Waals surface area contributed by atoms with E-state index < -0.39 is 8.56 Å². The van der Waals surface area contributed by atoms with Gasteiger partial charge in [-0.05, 0) is 12.8 Å². The smallest absolute Gasteiger partial charge is 0.463 e. The molecule has 0 aromatic rings. The summed E-state index contributed by atoms with van der Waals surface area (Å²) in [4.78, 5) is 24.7. The second-order valence-electron chi connectivity index (χ2n) is 9.02. The summed E-state index contributed by atoms with van der Waals surface area (Å²) in [7, 11) is -2.75. The molecular formula is C26H52O4Si. The van der Waals surface area contributed by atoms with Crippen LogP contribution in [-0.2, 0) is 18.4 Å². The van der Waals surface area contributed by atoms with Crippen molar-refractivity contribution in [3.05, 3.63) is 0 Å². The van der Waals surface area contributed by atoms with E-state index in [2.05, 4.69) is 13.8 Å². The molecule has 0 fully saturated rings. The SMILES string of the molecule is CCCCCCCCCCC(=O)O[Si](CC)(CC)OC(=O)CCCCCCCCCC. The van der Waals surface area contributed by atoms with Gasteiger partial charge in [-0.1, -0.05) is 118 Å². The zero-order chi connectivity index (χ0) is 23.2. The van der Waals surface area contributed by atoms with Crippen molar-refractivity contribution in [2.75, 3.05) is 0 Å². The van der Waals surface area contributed by atoms with Gasteiger partial charge in [-0.15, -0.1) is 0 Å². The van der Waals surface area contributed by atoms with Crippen molar-refractivity contribution in [2.45, 2.75) is 155 Å². The van der Waals surface area contributed by atoms with E-state index in [0.29, 0.717) is 24.9 Å². The lowest BCUT2D eigenvalue weighted by Crippen LogP contribution is -2.44. The van der Waals surface area contributed by atoms with Crippen LogP contribution in [0.15, 0.2) is 0 Å². The van der Waals surface area contributed by atoms with Crippen LogP contribution >= 0.6 is 0 Å². The molecule has 0 saturated heterocycles. The normalized spacial score (nSPS) is 11.5. The third-order valence-corrected chi connectivity index (χ3v) is 9.50. The van der Waals surface area contributed by atoms with Crippen LogP contribution in [0.2, 0.25) is 12.1 Å². The molecule has 184 valence electrons. The molecular weight excluding hydrogens is 404 g/mol. The van der Waals surface area contributed by atoms with Gasteiger partial charge in [-0.2, -0.15) is 0 Å². The molecule has 0 bridgehead atoms. The van der Waals surface area contributed by atoms with E-state index >= 15 is 0 Å². The van der Waals surface area contributed by atoms with Gasteiger partial charge in [-0.25, -0.2) is 0 Å². The lowest BCUT2D eigenvalue weighted by molar-refractivity contribution is -0.141. The predicted octanol–water partition coefficient (Wildman–Crippen LogP) is 8.62. The Balaban J connectivity index is 4.04. The molecule has 0 spiro atoms. The average molecular weight is 457 g/mol. The Morgan fingerprint density at radius 2 is 0.774 bits per heavy atom. The van der Waals surface area contributed by atoms with E-state index in [9.17, 15) is 9.59 Å². The molecule has 0 aromatic carbocycles. The quantitative estimate of drug-likeness (QED) is 0.121. The van der Waals surface area contributed by atoms with Crippen molar-refractivity contribution >= 4 is 20.5 Å². The van der Waals surface area contributed by atoms with Crippen molar-refractivity contribution in [1.29, 1.82) is 0 Å². The van der Waals surface area contributed by atoms with E-state index in [0.717, 1.165) is 25.7 Å². The highest BCUT2D eigenvalue weighted by atomic mass is 28.4. The standard InChI is InChI=1S/C26H52O4Si/c1-5-9-11-13-15-17-19-21-23-25(27)29-31(7-3,8-4)30-26(28)24-22-20-18-16-14-12-10-6-2/h5-24H2,1-4H3. The van der Waals surface area contributed by atoms with Gasteiger partial charge in [0.25, 0.3) is 11.9 Å². The van der Waals surface area contributed by atoms with Crippen LogP contribution in [0, 0.1) is 0 Å². The van der Waals surface area contributed by atoms with Gasteiger partial charge in [0.15, 0.2) is 0 Å². The van der Waals surface area contributed by atoms with Gasteiger partial charge in [0, 0.05) is 24.9 Å². The summed E-state index contributed by atoms with van der Waals surface area (Å²) in [5.41, 5.74) is 0. The number of hydrogen-bond donors (Lipinski definition) is 0. The Morgan fingerprint density at radius 1 is 0.484 bits per heavy atom. The van der Waals surface area contributed by atoms with Crippen LogP contribution in [0.4, 0.5) is 0 Å². The summed E-state index contributed by atoms with van der Waals surface area (Å²) in [6.07, 6.45) is 20.1. The Bertz CT molecular complexity index is 399. The fourth-order valence-corrected chi connectivity index (χ4v) is 6.04. The van der Waals surface area contributed by atoms with Crippen LogP contribution in [0.1, 0.15) is 143 Å². The summed E-state index contributed by atoms with van der Waals surface area (Å²) in [6.45, 7) is 8.41. The molecule has 0 radical (unpaired) electrons. The number of hydrogen-bond acceptors (Lipinski definition) is 4. The molecule has 0 unspecified atom stereocenters. The van der Waals surface area contributed by atoms with Gasteiger partial charge >= 0.3 is 8.56 Å². The molecule has 4 nitrogen and oxygen atoms in total. The minimum Gasteiger partial charge on any atom is -0.485 e. The predicted molar refractivity (Wildman–Crippen MR) is 133 cm³/mol. The van der Waals surface area contributed by atoms with Gasteiger partial charge < -0.3 is 8.85 Å². The zero-order valence-electron chi connectivity index (χ0n) is 21.3. The Labute approximate surface area is 194 Å². The van der Waals surface area contributed by atoms with Crippen molar-refractivity contribution < 1.29 is 18.4 Å². The highest BCUT2D eigenvalue weighted by Crippen LogP contribution is 2.22. The Morgan fingerprint density at radius 3 is 1.06 bits per heavy atom. The van der Waals surface area contributed by atoms with E-state index in [1.807, 2.05) is 13.8 Å². The van der Waals surface area contributed by atoms with Crippen molar-refractivity contribution in [3.8, 4) is 0 Å². The highest BCUT2D eigenvalue weighted by Gasteiger charge is 2.41. The number of unbranched alkanes of at least 4 members (excludes halogenated alkanes) is 14. The fourth-order valence-electron chi connectivity index (χ4n) is 3.88. The molecule has 31 heavy (non-hydrogen) atoms. The summed E-state index contributed by atoms with van der Waals surface area (Å²) in [5, 5.41) is 0. The van der Waals surface area contributed by atoms with Crippen molar-refractivity contribution in [1.82, 2.24) is 0 Å². The maximum atomic E-state index is 12.4. The first kappa shape index (κ1) is 30.2. The first-order chi connectivity index (χ1) is 15.0. The van der Waals surface area contributed by atoms with Crippen molar-refractivity contribution in [2.24, 2.45) is 0 Å². The van der Waals surface area contributed by atoms with Crippen LogP contribution in [-0.4, -0.2) is 20.5 Å². The van der Waals surface area contributed by atoms with Crippen LogP contribution in [0.25, 0.3) is 0 Å². The molecule has 0 atom stereocenters. The van der Waals surface area contributed by atoms with Gasteiger partial charge in [0.2, 0.25) is 0 Å². The summed E-state index contributed by atoms with van der Waals surface area (Å²) in [6, 6.07) is 1.27. The van der Waals surface area contributed by atoms with Crippen LogP contribution in [0.3, 0.4) is 0 Å². The Kier molecular flexibility index (Phi) is 20.5. The molecule has 0 saturated carbocycles. The number of carbonyl (C=O) groups is 2. The van der Waals surface area contributed by atoms with Crippen LogP contribution < -0.4 is 0 Å². The number of carbonyl (C=O) groups excluding carboxylic acids is 2. The van der Waals surface area contributed by atoms with Crippen molar-refractivity contribution in [3.63, 3.8) is 0 Å². The minimum absolute atomic E-state index is 0.179. The molecule has 0 aliphatic heterocycles. The second-order valence-corrected chi connectivity index (χ2v) is 12.7. The number of rotatable bonds is 22. The summed E-state index contributed by atoms with van der Waals surface area (Å²) in [5.74, 6) is -0.359. The third-order valence-electron chi connectivity index (χ3n) is 6.15. The van der Waals surface area contributed by atoms with Crippen LogP contribution in [0.5, 0.6) is 0 Å². The molecule has 0 rings (SSSR count). The van der Waals surface area contributed by atoms with Gasteiger partial charge in [0.1, 0.15) is 0 Å². The summed E-state index contributed by atoms with van der Waals surface area (Å²) >= 11 is 0. The van der Waals surface area contributed by atoms with E-state index in [-0.39, 0.29) is 11.9 Å². The molecule has 0 aromatic heterocycles. The van der Waals surface area contributed by atoms with Gasteiger partial charge in [0.05, 0.1) is 0 Å². The third kappa shape index (κ3) is 17.4. The first-order valence-electron chi connectivity index (χ1n) is 13.5. The highest BCUT2D eigenvalue weighted by molar-refractivity contribution is 6.70. The Hall–Kier alpha value is -0.843. The molecule has 5 heteroatoms. The average Bonchev–Trinajstić information content (AvgIpc) is 2.76. The summed E-state index contributed by atoms with van der Waals surface area (Å²) < 4.78 is 11.6. The van der Waals surface area contributed by atoms with E-state index in [4.69, 9.17) is 8.85 Å². The lowest BCUT2D eigenvalue weighted by Gasteiger charge is -2.27. The molecule has 0 N–H and O–H groups in total. The largest absolute Gasteiger partial charge is 0.485 e. The monoisotopic (exact) mass is 456 g/mol. The second kappa shape index (κ2) is 21.0. The molecule has 0 aliphatic carbocycles. The molecule has 0 heterocycles. The van der Waals surface area contributed by atoms with Gasteiger partial charge in [-0.3, -0.25) is 9.59 Å². The molecule has 0 amide bonds. The lowest BCUT2D eigenvalue weighted by atomic mass is 10.1. The van der Waals surface area contributed by atoms with E-state index in [1.165, 1.54) is 77.0 Å². The first-order valence-corrected chi connectivity index (χ1v) is 15.7. The minimum atomic E-state index is -2.75.